The highest BCUT2D eigenvalue weighted by atomic mass is 35.5. The summed E-state index contributed by atoms with van der Waals surface area (Å²) in [6.07, 6.45) is 1.57. The van der Waals surface area contributed by atoms with Crippen molar-refractivity contribution in [1.82, 2.24) is 4.90 Å². The predicted molar refractivity (Wildman–Crippen MR) is 146 cm³/mol. The first-order chi connectivity index (χ1) is 17.7. The molecule has 1 aliphatic rings. The first kappa shape index (κ1) is 26.6. The van der Waals surface area contributed by atoms with Gasteiger partial charge in [-0.05, 0) is 72.3 Å². The zero-order valence-corrected chi connectivity index (χ0v) is 22.2. The van der Waals surface area contributed by atoms with Crippen LogP contribution in [0.4, 0.5) is 10.5 Å². The van der Waals surface area contributed by atoms with Gasteiger partial charge in [0, 0.05) is 10.7 Å². The number of imide groups is 1. The van der Waals surface area contributed by atoms with Crippen LogP contribution < -0.4 is 14.8 Å². The van der Waals surface area contributed by atoms with E-state index in [1.807, 2.05) is 31.2 Å². The van der Waals surface area contributed by atoms with E-state index in [-0.39, 0.29) is 45.7 Å². The lowest BCUT2D eigenvalue weighted by Gasteiger charge is -2.14. The number of halogens is 2. The van der Waals surface area contributed by atoms with Gasteiger partial charge in [-0.25, -0.2) is 0 Å². The summed E-state index contributed by atoms with van der Waals surface area (Å²) in [6, 6.07) is 17.5. The van der Waals surface area contributed by atoms with E-state index in [4.69, 9.17) is 32.7 Å². The second-order valence-electron chi connectivity index (χ2n) is 8.13. The Kier molecular flexibility index (Phi) is 8.43. The Morgan fingerprint density at radius 1 is 1.05 bits per heavy atom. The lowest BCUT2D eigenvalue weighted by molar-refractivity contribution is -0.123. The number of thioether (sulfide) groups is 1. The van der Waals surface area contributed by atoms with Gasteiger partial charge in [-0.1, -0.05) is 53.0 Å². The Morgan fingerprint density at radius 2 is 1.76 bits per heavy atom. The number of methoxy groups -OCH3 is 1. The van der Waals surface area contributed by atoms with Gasteiger partial charge in [0.25, 0.3) is 17.1 Å². The third-order valence-corrected chi connectivity index (χ3v) is 6.80. The molecule has 7 nitrogen and oxygen atoms in total. The van der Waals surface area contributed by atoms with Crippen LogP contribution in [0.2, 0.25) is 10.0 Å². The molecule has 3 aromatic rings. The smallest absolute Gasteiger partial charge is 0.293 e. The number of carbonyl (C=O) groups excluding carboxylic acids is 3. The van der Waals surface area contributed by atoms with Crippen LogP contribution in [0.3, 0.4) is 0 Å². The molecule has 3 amide bonds. The Balaban J connectivity index is 1.45. The van der Waals surface area contributed by atoms with E-state index in [1.54, 1.807) is 42.5 Å². The van der Waals surface area contributed by atoms with Crippen molar-refractivity contribution >= 4 is 63.8 Å². The fraction of sp³-hybridized carbons (Fsp3) is 0.148. The molecule has 0 atom stereocenters. The van der Waals surface area contributed by atoms with Gasteiger partial charge >= 0.3 is 0 Å². The molecule has 1 saturated heterocycles. The van der Waals surface area contributed by atoms with Crippen molar-refractivity contribution < 1.29 is 23.9 Å². The second-order valence-corrected chi connectivity index (χ2v) is 9.97. The zero-order chi connectivity index (χ0) is 26.5. The Bertz CT molecular complexity index is 1370. The van der Waals surface area contributed by atoms with Crippen LogP contribution in [0, 0.1) is 6.92 Å². The number of carbonyl (C=O) groups is 3. The van der Waals surface area contributed by atoms with Crippen LogP contribution in [0.15, 0.2) is 65.6 Å². The third kappa shape index (κ3) is 6.65. The summed E-state index contributed by atoms with van der Waals surface area (Å²) in [6.45, 7) is 1.85. The van der Waals surface area contributed by atoms with Gasteiger partial charge in [-0.15, -0.1) is 0 Å². The van der Waals surface area contributed by atoms with Crippen LogP contribution in [0.5, 0.6) is 11.5 Å². The minimum Gasteiger partial charge on any atom is -0.493 e. The molecule has 1 heterocycles. The Labute approximate surface area is 228 Å². The summed E-state index contributed by atoms with van der Waals surface area (Å²) in [5, 5.41) is 3.09. The van der Waals surface area contributed by atoms with Gasteiger partial charge in [0.2, 0.25) is 0 Å². The monoisotopic (exact) mass is 556 g/mol. The van der Waals surface area contributed by atoms with Gasteiger partial charge < -0.3 is 14.8 Å². The highest BCUT2D eigenvalue weighted by Gasteiger charge is 2.35. The molecule has 1 N–H and O–H groups in total. The lowest BCUT2D eigenvalue weighted by atomic mass is 10.1. The van der Waals surface area contributed by atoms with E-state index in [9.17, 15) is 14.4 Å². The molecule has 1 fully saturated rings. The summed E-state index contributed by atoms with van der Waals surface area (Å²) in [5.74, 6) is -0.325. The van der Waals surface area contributed by atoms with Crippen molar-refractivity contribution in [3.63, 3.8) is 0 Å². The van der Waals surface area contributed by atoms with E-state index in [0.29, 0.717) is 16.3 Å². The Hall–Kier alpha value is -3.46. The molecule has 0 spiro atoms. The summed E-state index contributed by atoms with van der Waals surface area (Å²) < 4.78 is 11.0. The van der Waals surface area contributed by atoms with E-state index in [1.165, 1.54) is 12.0 Å². The minimum absolute atomic E-state index is 0.181. The highest BCUT2D eigenvalue weighted by Crippen LogP contribution is 2.39. The van der Waals surface area contributed by atoms with Crippen molar-refractivity contribution in [2.24, 2.45) is 0 Å². The first-order valence-corrected chi connectivity index (χ1v) is 12.7. The van der Waals surface area contributed by atoms with Gasteiger partial charge in [0.1, 0.15) is 0 Å². The average molecular weight is 557 g/mol. The molecular weight excluding hydrogens is 535 g/mol. The zero-order valence-electron chi connectivity index (χ0n) is 19.9. The molecule has 190 valence electrons. The first-order valence-electron chi connectivity index (χ1n) is 11.1. The number of rotatable bonds is 8. The van der Waals surface area contributed by atoms with Gasteiger partial charge in [-0.2, -0.15) is 0 Å². The quantitative estimate of drug-likeness (QED) is 0.316. The number of amides is 3. The summed E-state index contributed by atoms with van der Waals surface area (Å²) in [4.78, 5) is 39.2. The normalized spacial score (nSPS) is 14.3. The van der Waals surface area contributed by atoms with Crippen molar-refractivity contribution in [3.05, 3.63) is 92.3 Å². The van der Waals surface area contributed by atoms with Gasteiger partial charge in [-0.3, -0.25) is 19.3 Å². The van der Waals surface area contributed by atoms with E-state index >= 15 is 0 Å². The van der Waals surface area contributed by atoms with Crippen molar-refractivity contribution in [1.29, 1.82) is 0 Å². The minimum atomic E-state index is -0.397. The molecule has 0 saturated carbocycles. The van der Waals surface area contributed by atoms with Crippen LogP contribution in [0.25, 0.3) is 6.08 Å². The highest BCUT2D eigenvalue weighted by molar-refractivity contribution is 8.18. The number of benzene rings is 3. The Morgan fingerprint density at radius 3 is 2.43 bits per heavy atom. The maximum atomic E-state index is 12.9. The number of ether oxygens (including phenoxy) is 2. The maximum Gasteiger partial charge on any atom is 0.293 e. The lowest BCUT2D eigenvalue weighted by Crippen LogP contribution is -2.27. The maximum absolute atomic E-state index is 12.9. The fourth-order valence-electron chi connectivity index (χ4n) is 3.49. The van der Waals surface area contributed by atoms with Crippen molar-refractivity contribution in [2.45, 2.75) is 13.5 Å². The second kappa shape index (κ2) is 11.7. The van der Waals surface area contributed by atoms with Crippen LogP contribution in [0.1, 0.15) is 16.7 Å². The molecule has 10 heteroatoms. The topological polar surface area (TPSA) is 84.9 Å². The molecule has 0 unspecified atom stereocenters. The number of nitrogens with zero attached hydrogens (tertiary/aromatic N) is 1. The molecule has 3 aromatic carbocycles. The van der Waals surface area contributed by atoms with Gasteiger partial charge in [0.15, 0.2) is 18.1 Å². The fourth-order valence-corrected chi connectivity index (χ4v) is 4.73. The molecule has 37 heavy (non-hydrogen) atoms. The summed E-state index contributed by atoms with van der Waals surface area (Å²) in [5.41, 5.74) is 3.07. The number of nitrogens with one attached hydrogen (secondary N) is 1. The molecule has 0 aromatic heterocycles. The van der Waals surface area contributed by atoms with Crippen molar-refractivity contribution in [3.8, 4) is 11.5 Å². The van der Waals surface area contributed by atoms with Gasteiger partial charge in [0.05, 0.1) is 23.6 Å². The number of hydrogen-bond donors (Lipinski definition) is 1. The standard InChI is InChI=1S/C27H22Cl2N2O5S/c1-16-3-5-17(6-4-16)14-31-26(33)23(37-27(31)34)13-18-11-21(29)25(22(12-18)35-2)36-15-24(32)30-20-9-7-19(28)8-10-20/h3-13H,14-15H2,1-2H3,(H,30,32)/b23-13-. The largest absolute Gasteiger partial charge is 0.493 e. The molecule has 0 aliphatic carbocycles. The third-order valence-electron chi connectivity index (χ3n) is 5.36. The average Bonchev–Trinajstić information content (AvgIpc) is 3.13. The summed E-state index contributed by atoms with van der Waals surface area (Å²) in [7, 11) is 1.44. The summed E-state index contributed by atoms with van der Waals surface area (Å²) >= 11 is 13.1. The molecule has 4 rings (SSSR count). The number of aryl methyl sites for hydroxylation is 1. The molecular formula is C27H22Cl2N2O5S. The van der Waals surface area contributed by atoms with Crippen LogP contribution in [-0.4, -0.2) is 35.7 Å². The van der Waals surface area contributed by atoms with Crippen LogP contribution >= 0.6 is 35.0 Å². The predicted octanol–water partition coefficient (Wildman–Crippen LogP) is 6.56. The SMILES string of the molecule is COc1cc(/C=C2\SC(=O)N(Cc3ccc(C)cc3)C2=O)cc(Cl)c1OCC(=O)Nc1ccc(Cl)cc1. The van der Waals surface area contributed by atoms with E-state index in [2.05, 4.69) is 5.32 Å². The number of hydrogen-bond acceptors (Lipinski definition) is 6. The number of anilines is 1. The van der Waals surface area contributed by atoms with Crippen molar-refractivity contribution in [2.75, 3.05) is 19.0 Å². The van der Waals surface area contributed by atoms with E-state index < -0.39 is 5.91 Å². The van der Waals surface area contributed by atoms with E-state index in [0.717, 1.165) is 22.9 Å². The van der Waals surface area contributed by atoms with Crippen LogP contribution in [-0.2, 0) is 16.1 Å². The molecule has 0 radical (unpaired) electrons. The molecule has 0 bridgehead atoms. The molecule has 1 aliphatic heterocycles.